The first-order valence-corrected chi connectivity index (χ1v) is 9.95. The number of carbonyl (C=O) groups excluding carboxylic acids is 1. The summed E-state index contributed by atoms with van der Waals surface area (Å²) >= 11 is 0. The first-order valence-electron chi connectivity index (χ1n) is 9.95. The smallest absolute Gasteiger partial charge is 0.410 e. The molecule has 0 spiro atoms. The maximum Gasteiger partial charge on any atom is 0.410 e. The Morgan fingerprint density at radius 3 is 2.60 bits per heavy atom. The highest BCUT2D eigenvalue weighted by molar-refractivity contribution is 5.69. The lowest BCUT2D eigenvalue weighted by Crippen LogP contribution is -2.62. The molecule has 1 amide bonds. The summed E-state index contributed by atoms with van der Waals surface area (Å²) in [6, 6.07) is 14.8. The van der Waals surface area contributed by atoms with Crippen molar-refractivity contribution in [3.63, 3.8) is 0 Å². The van der Waals surface area contributed by atoms with Gasteiger partial charge in [-0.3, -0.25) is 4.90 Å². The fraction of sp³-hybridized carbons (Fsp3) is 0.391. The summed E-state index contributed by atoms with van der Waals surface area (Å²) in [5.41, 5.74) is 0.560. The molecule has 7 heteroatoms. The number of rotatable bonds is 4. The maximum atomic E-state index is 14.0. The quantitative estimate of drug-likeness (QED) is 0.837. The predicted octanol–water partition coefficient (Wildman–Crippen LogP) is 3.28. The first kappa shape index (κ1) is 20.3. The summed E-state index contributed by atoms with van der Waals surface area (Å²) in [6.45, 7) is 0.696. The molecule has 6 nitrogen and oxygen atoms in total. The lowest BCUT2D eigenvalue weighted by molar-refractivity contribution is -0.137. The van der Waals surface area contributed by atoms with E-state index in [0.29, 0.717) is 11.1 Å². The van der Waals surface area contributed by atoms with E-state index < -0.39 is 29.6 Å². The maximum absolute atomic E-state index is 14.0. The number of ether oxygens (including phenoxy) is 2. The van der Waals surface area contributed by atoms with Crippen LogP contribution in [0.1, 0.15) is 29.5 Å². The monoisotopic (exact) mass is 410 g/mol. The Labute approximate surface area is 174 Å². The van der Waals surface area contributed by atoms with Gasteiger partial charge >= 0.3 is 6.09 Å². The van der Waals surface area contributed by atoms with E-state index in [2.05, 4.69) is 6.07 Å². The van der Waals surface area contributed by atoms with Crippen molar-refractivity contribution in [3.8, 4) is 6.07 Å². The zero-order valence-corrected chi connectivity index (χ0v) is 16.5. The predicted molar refractivity (Wildman–Crippen MR) is 106 cm³/mol. The third kappa shape index (κ3) is 4.02. The second-order valence-corrected chi connectivity index (χ2v) is 7.87. The summed E-state index contributed by atoms with van der Waals surface area (Å²) < 4.78 is 25.1. The van der Waals surface area contributed by atoms with Crippen LogP contribution in [0.25, 0.3) is 0 Å². The minimum Gasteiger partial charge on any atom is -0.445 e. The molecule has 2 aromatic rings. The van der Waals surface area contributed by atoms with E-state index in [4.69, 9.17) is 14.7 Å². The number of aliphatic hydroxyl groups is 1. The van der Waals surface area contributed by atoms with Crippen molar-refractivity contribution in [2.24, 2.45) is 0 Å². The van der Waals surface area contributed by atoms with Crippen LogP contribution in [-0.4, -0.2) is 41.4 Å². The van der Waals surface area contributed by atoms with Crippen LogP contribution in [0.5, 0.6) is 0 Å². The molecule has 2 saturated heterocycles. The van der Waals surface area contributed by atoms with Gasteiger partial charge in [-0.15, -0.1) is 0 Å². The van der Waals surface area contributed by atoms with E-state index >= 15 is 0 Å². The molecule has 30 heavy (non-hydrogen) atoms. The molecule has 2 aromatic carbocycles. The fourth-order valence-electron chi connectivity index (χ4n) is 4.51. The minimum atomic E-state index is -1.34. The number of amides is 1. The van der Waals surface area contributed by atoms with Gasteiger partial charge in [0, 0.05) is 12.8 Å². The van der Waals surface area contributed by atoms with Crippen molar-refractivity contribution < 1.29 is 23.8 Å². The molecule has 0 aliphatic carbocycles. The average molecular weight is 410 g/mol. The lowest BCUT2D eigenvalue weighted by atomic mass is 9.75. The number of hydrogen-bond acceptors (Lipinski definition) is 5. The van der Waals surface area contributed by atoms with Crippen LogP contribution in [0.2, 0.25) is 0 Å². The Morgan fingerprint density at radius 1 is 1.23 bits per heavy atom. The van der Waals surface area contributed by atoms with Gasteiger partial charge in [-0.2, -0.15) is 5.26 Å². The highest BCUT2D eigenvalue weighted by Gasteiger charge is 2.50. The number of fused-ring (bicyclic) bond motifs is 2. The molecular weight excluding hydrogens is 387 g/mol. The Bertz CT molecular complexity index is 945. The molecule has 0 aromatic heterocycles. The van der Waals surface area contributed by atoms with Crippen LogP contribution in [0.3, 0.4) is 0 Å². The summed E-state index contributed by atoms with van der Waals surface area (Å²) in [6.07, 6.45) is 0.000205. The van der Waals surface area contributed by atoms with Gasteiger partial charge in [0.25, 0.3) is 0 Å². The number of carbonyl (C=O) groups is 1. The highest BCUT2D eigenvalue weighted by atomic mass is 19.1. The number of nitrogens with zero attached hydrogens (tertiary/aromatic N) is 2. The van der Waals surface area contributed by atoms with Gasteiger partial charge in [0.2, 0.25) is 0 Å². The number of hydrogen-bond donors (Lipinski definition) is 1. The standard InChI is InChI=1S/C23H23FN2O4/c24-18-7-6-17(8-9-25)21(10-18)23(28)11-19-14-29-15-20(12-23)26(19)22(27)30-13-16-4-2-1-3-5-16/h1-7,10,19-20,28H,8,11-15H2. The molecule has 2 bridgehead atoms. The van der Waals surface area contributed by atoms with Gasteiger partial charge in [-0.05, 0) is 28.8 Å². The molecule has 4 rings (SSSR count). The molecule has 156 valence electrons. The van der Waals surface area contributed by atoms with E-state index in [1.807, 2.05) is 30.3 Å². The summed E-state index contributed by atoms with van der Waals surface area (Å²) in [4.78, 5) is 14.5. The van der Waals surface area contributed by atoms with E-state index in [9.17, 15) is 14.3 Å². The first-order chi connectivity index (χ1) is 14.5. The average Bonchev–Trinajstić information content (AvgIpc) is 2.73. The number of halogens is 1. The number of benzene rings is 2. The Balaban J connectivity index is 1.54. The highest BCUT2D eigenvalue weighted by Crippen LogP contribution is 2.42. The van der Waals surface area contributed by atoms with Crippen molar-refractivity contribution >= 4 is 6.09 Å². The molecule has 2 aliphatic heterocycles. The number of morpholine rings is 1. The van der Waals surface area contributed by atoms with Crippen molar-refractivity contribution in [1.82, 2.24) is 4.90 Å². The molecule has 0 saturated carbocycles. The number of nitriles is 1. The summed E-state index contributed by atoms with van der Waals surface area (Å²) in [7, 11) is 0. The molecule has 0 radical (unpaired) electrons. The normalized spacial score (nSPS) is 25.4. The summed E-state index contributed by atoms with van der Waals surface area (Å²) in [5, 5.41) is 20.6. The number of piperidine rings is 1. The Morgan fingerprint density at radius 2 is 1.93 bits per heavy atom. The van der Waals surface area contributed by atoms with Crippen LogP contribution >= 0.6 is 0 Å². The van der Waals surface area contributed by atoms with Crippen molar-refractivity contribution in [2.75, 3.05) is 13.2 Å². The molecule has 2 atom stereocenters. The van der Waals surface area contributed by atoms with Crippen LogP contribution in [-0.2, 0) is 28.1 Å². The van der Waals surface area contributed by atoms with E-state index in [1.54, 1.807) is 11.0 Å². The van der Waals surface area contributed by atoms with Crippen LogP contribution in [0.15, 0.2) is 48.5 Å². The topological polar surface area (TPSA) is 82.8 Å². The fourth-order valence-corrected chi connectivity index (χ4v) is 4.51. The van der Waals surface area contributed by atoms with Crippen molar-refractivity contribution in [2.45, 2.75) is 43.6 Å². The van der Waals surface area contributed by atoms with Gasteiger partial charge < -0.3 is 14.6 Å². The third-order valence-corrected chi connectivity index (χ3v) is 5.81. The van der Waals surface area contributed by atoms with E-state index in [0.717, 1.165) is 5.56 Å². The minimum absolute atomic E-state index is 0.0760. The van der Waals surface area contributed by atoms with E-state index in [-0.39, 0.29) is 39.1 Å². The second kappa shape index (κ2) is 8.42. The largest absolute Gasteiger partial charge is 0.445 e. The van der Waals surface area contributed by atoms with Crippen LogP contribution < -0.4 is 0 Å². The Kier molecular flexibility index (Phi) is 5.71. The molecule has 2 aliphatic rings. The SMILES string of the molecule is N#CCc1ccc(F)cc1C1(O)CC2COCC(C1)N2C(=O)OCc1ccccc1. The molecule has 2 fully saturated rings. The zero-order chi connectivity index (χ0) is 21.1. The Hall–Kier alpha value is -2.95. The van der Waals surface area contributed by atoms with Gasteiger partial charge in [-0.1, -0.05) is 36.4 Å². The van der Waals surface area contributed by atoms with Crippen molar-refractivity contribution in [1.29, 1.82) is 5.26 Å². The molecule has 2 heterocycles. The second-order valence-electron chi connectivity index (χ2n) is 7.87. The zero-order valence-electron chi connectivity index (χ0n) is 16.5. The third-order valence-electron chi connectivity index (χ3n) is 5.81. The summed E-state index contributed by atoms with van der Waals surface area (Å²) in [5.74, 6) is -0.466. The van der Waals surface area contributed by atoms with E-state index in [1.165, 1.54) is 12.1 Å². The molecule has 1 N–H and O–H groups in total. The van der Waals surface area contributed by atoms with Gasteiger partial charge in [0.15, 0.2) is 0 Å². The van der Waals surface area contributed by atoms with Crippen LogP contribution in [0, 0.1) is 17.1 Å². The molecule has 2 unspecified atom stereocenters. The van der Waals surface area contributed by atoms with Gasteiger partial charge in [0.05, 0.1) is 43.4 Å². The lowest BCUT2D eigenvalue weighted by Gasteiger charge is -2.51. The van der Waals surface area contributed by atoms with Gasteiger partial charge in [-0.25, -0.2) is 9.18 Å². The van der Waals surface area contributed by atoms with Crippen LogP contribution in [0.4, 0.5) is 9.18 Å². The van der Waals surface area contributed by atoms with Gasteiger partial charge in [0.1, 0.15) is 12.4 Å². The molecular formula is C23H23FN2O4. The van der Waals surface area contributed by atoms with Crippen molar-refractivity contribution in [3.05, 3.63) is 71.0 Å².